The Morgan fingerprint density at radius 1 is 0.895 bits per heavy atom. The van der Waals surface area contributed by atoms with Crippen LogP contribution in [0.25, 0.3) is 0 Å². The average molecular weight is 518 g/mol. The maximum Gasteiger partial charge on any atom is 0.336 e. The fourth-order valence-corrected chi connectivity index (χ4v) is 6.05. The van der Waals surface area contributed by atoms with Crippen LogP contribution in [0.4, 0.5) is 0 Å². The molecule has 1 aliphatic heterocycles. The number of ether oxygens (including phenoxy) is 4. The van der Waals surface area contributed by atoms with Gasteiger partial charge in [-0.15, -0.1) is 0 Å². The summed E-state index contributed by atoms with van der Waals surface area (Å²) in [6, 6.07) is 13.3. The molecule has 1 saturated carbocycles. The third-order valence-electron chi connectivity index (χ3n) is 7.98. The topological polar surface area (TPSA) is 83.1 Å². The number of rotatable bonds is 7. The third-order valence-corrected chi connectivity index (χ3v) is 7.98. The number of nitrogens with one attached hydrogen (secondary N) is 1. The standard InChI is InChI=1S/C31H35NO6/c1-18-28(31(34)38-22-7-5-6-8-22)29(24-17-23(36-3)13-14-27(24)37-4)30-25(32-18)15-20(16-26(30)33)19-9-11-21(35-2)12-10-19/h9-15,17,20,22,29-30,32H,5-8,16H2,1-4H3. The fourth-order valence-electron chi connectivity index (χ4n) is 6.05. The van der Waals surface area contributed by atoms with Gasteiger partial charge in [0.1, 0.15) is 29.1 Å². The molecule has 2 aromatic rings. The Morgan fingerprint density at radius 2 is 1.58 bits per heavy atom. The number of methoxy groups -OCH3 is 3. The number of Topliss-reactive ketones (excluding diaryl/α,β-unsaturated/α-hetero) is 1. The van der Waals surface area contributed by atoms with Crippen LogP contribution in [0.5, 0.6) is 17.2 Å². The number of esters is 1. The second kappa shape index (κ2) is 10.9. The first-order valence-corrected chi connectivity index (χ1v) is 13.2. The first-order valence-electron chi connectivity index (χ1n) is 13.2. The SMILES string of the molecule is COc1ccc(C2C=C3NC(C)=C(C(=O)OC4CCCC4)C(c4cc(OC)ccc4OC)C3C(=O)C2)cc1. The number of carbonyl (C=O) groups excluding carboxylic acids is 2. The lowest BCUT2D eigenvalue weighted by Crippen LogP contribution is -2.42. The smallest absolute Gasteiger partial charge is 0.336 e. The normalized spacial score (nSPS) is 23.3. The molecule has 7 heteroatoms. The first kappa shape index (κ1) is 25.9. The maximum absolute atomic E-state index is 13.9. The van der Waals surface area contributed by atoms with Gasteiger partial charge in [-0.2, -0.15) is 0 Å². The van der Waals surface area contributed by atoms with Gasteiger partial charge in [-0.05, 0) is 68.5 Å². The molecule has 7 nitrogen and oxygen atoms in total. The maximum atomic E-state index is 13.9. The zero-order valence-electron chi connectivity index (χ0n) is 22.4. The number of allylic oxidation sites excluding steroid dienone is 3. The van der Waals surface area contributed by atoms with Crippen LogP contribution in [0.2, 0.25) is 0 Å². The Hall–Kier alpha value is -3.74. The van der Waals surface area contributed by atoms with Crippen LogP contribution in [0, 0.1) is 5.92 Å². The van der Waals surface area contributed by atoms with Gasteiger partial charge >= 0.3 is 5.97 Å². The molecule has 0 saturated heterocycles. The van der Waals surface area contributed by atoms with Crippen molar-refractivity contribution in [1.82, 2.24) is 5.32 Å². The minimum Gasteiger partial charge on any atom is -0.497 e. The number of carbonyl (C=O) groups is 2. The van der Waals surface area contributed by atoms with Gasteiger partial charge in [0.2, 0.25) is 0 Å². The summed E-state index contributed by atoms with van der Waals surface area (Å²) in [5.74, 6) is 0.467. The summed E-state index contributed by atoms with van der Waals surface area (Å²) in [6.07, 6.45) is 6.22. The molecular weight excluding hydrogens is 482 g/mol. The lowest BCUT2D eigenvalue weighted by atomic mass is 9.68. The van der Waals surface area contributed by atoms with Gasteiger partial charge in [0.15, 0.2) is 0 Å². The Balaban J connectivity index is 1.60. The summed E-state index contributed by atoms with van der Waals surface area (Å²) in [5.41, 5.74) is 3.73. The summed E-state index contributed by atoms with van der Waals surface area (Å²) in [7, 11) is 4.83. The summed E-state index contributed by atoms with van der Waals surface area (Å²) in [6.45, 7) is 1.88. The highest BCUT2D eigenvalue weighted by Crippen LogP contribution is 2.49. The molecule has 5 rings (SSSR count). The number of hydrogen-bond acceptors (Lipinski definition) is 7. The van der Waals surface area contributed by atoms with Crippen molar-refractivity contribution in [2.24, 2.45) is 5.92 Å². The van der Waals surface area contributed by atoms with Crippen LogP contribution in [0.15, 0.2) is 65.5 Å². The molecule has 1 N–H and O–H groups in total. The van der Waals surface area contributed by atoms with Crippen molar-refractivity contribution in [2.45, 2.75) is 57.0 Å². The molecule has 0 aromatic heterocycles. The fraction of sp³-hybridized carbons (Fsp3) is 0.419. The molecule has 2 aromatic carbocycles. The van der Waals surface area contributed by atoms with Gasteiger partial charge in [-0.3, -0.25) is 4.79 Å². The highest BCUT2D eigenvalue weighted by molar-refractivity contribution is 5.96. The van der Waals surface area contributed by atoms with Crippen molar-refractivity contribution >= 4 is 11.8 Å². The van der Waals surface area contributed by atoms with Gasteiger partial charge in [0.25, 0.3) is 0 Å². The van der Waals surface area contributed by atoms with Gasteiger partial charge < -0.3 is 24.3 Å². The summed E-state index contributed by atoms with van der Waals surface area (Å²) >= 11 is 0. The third kappa shape index (κ3) is 4.89. The minimum absolute atomic E-state index is 0.0596. The number of ketones is 1. The largest absolute Gasteiger partial charge is 0.497 e. The van der Waals surface area contributed by atoms with E-state index in [1.807, 2.05) is 49.4 Å². The predicted octanol–water partition coefficient (Wildman–Crippen LogP) is 5.42. The first-order chi connectivity index (χ1) is 18.4. The molecule has 2 aliphatic carbocycles. The highest BCUT2D eigenvalue weighted by Gasteiger charge is 2.46. The van der Waals surface area contributed by atoms with Gasteiger partial charge in [0, 0.05) is 35.2 Å². The van der Waals surface area contributed by atoms with E-state index in [1.54, 1.807) is 21.3 Å². The van der Waals surface area contributed by atoms with Crippen LogP contribution >= 0.6 is 0 Å². The highest BCUT2D eigenvalue weighted by atomic mass is 16.5. The van der Waals surface area contributed by atoms with Gasteiger partial charge in [-0.25, -0.2) is 4.79 Å². The van der Waals surface area contributed by atoms with E-state index < -0.39 is 11.8 Å². The Morgan fingerprint density at radius 3 is 2.24 bits per heavy atom. The van der Waals surface area contributed by atoms with Crippen molar-refractivity contribution in [3.05, 3.63) is 76.6 Å². The molecule has 1 fully saturated rings. The second-order valence-electron chi connectivity index (χ2n) is 10.2. The predicted molar refractivity (Wildman–Crippen MR) is 143 cm³/mol. The van der Waals surface area contributed by atoms with E-state index in [-0.39, 0.29) is 23.8 Å². The summed E-state index contributed by atoms with van der Waals surface area (Å²) < 4.78 is 22.5. The lowest BCUT2D eigenvalue weighted by Gasteiger charge is -2.40. The van der Waals surface area contributed by atoms with Gasteiger partial charge in [0.05, 0.1) is 32.8 Å². The molecule has 0 bridgehead atoms. The number of hydrogen-bond donors (Lipinski definition) is 1. The number of fused-ring (bicyclic) bond motifs is 1. The lowest BCUT2D eigenvalue weighted by molar-refractivity contribution is -0.144. The van der Waals surface area contributed by atoms with Crippen LogP contribution < -0.4 is 19.5 Å². The van der Waals surface area contributed by atoms with E-state index in [2.05, 4.69) is 11.4 Å². The van der Waals surface area contributed by atoms with E-state index in [4.69, 9.17) is 18.9 Å². The molecule has 3 aliphatic rings. The Bertz CT molecular complexity index is 1270. The number of benzene rings is 2. The van der Waals surface area contributed by atoms with Crippen molar-refractivity contribution in [3.8, 4) is 17.2 Å². The van der Waals surface area contributed by atoms with Crippen LogP contribution in [0.3, 0.4) is 0 Å². The Kier molecular flexibility index (Phi) is 7.45. The zero-order valence-corrected chi connectivity index (χ0v) is 22.4. The molecule has 0 amide bonds. The molecule has 3 atom stereocenters. The molecule has 0 spiro atoms. The van der Waals surface area contributed by atoms with Crippen LogP contribution in [-0.2, 0) is 14.3 Å². The Labute approximate surface area is 223 Å². The second-order valence-corrected chi connectivity index (χ2v) is 10.2. The quantitative estimate of drug-likeness (QED) is 0.491. The zero-order chi connectivity index (χ0) is 26.8. The van der Waals surface area contributed by atoms with E-state index in [9.17, 15) is 9.59 Å². The van der Waals surface area contributed by atoms with Crippen molar-refractivity contribution in [2.75, 3.05) is 21.3 Å². The average Bonchev–Trinajstić information content (AvgIpc) is 3.44. The molecule has 200 valence electrons. The minimum atomic E-state index is -0.569. The molecular formula is C31H35NO6. The van der Waals surface area contributed by atoms with Gasteiger partial charge in [-0.1, -0.05) is 18.2 Å². The van der Waals surface area contributed by atoms with Crippen LogP contribution in [-0.4, -0.2) is 39.2 Å². The van der Waals surface area contributed by atoms with E-state index in [0.29, 0.717) is 29.2 Å². The van der Waals surface area contributed by atoms with Crippen molar-refractivity contribution in [3.63, 3.8) is 0 Å². The van der Waals surface area contributed by atoms with Crippen LogP contribution in [0.1, 0.15) is 62.0 Å². The summed E-state index contributed by atoms with van der Waals surface area (Å²) in [5, 5.41) is 3.42. The molecule has 1 heterocycles. The molecule has 0 radical (unpaired) electrons. The molecule has 3 unspecified atom stereocenters. The van der Waals surface area contributed by atoms with Crippen molar-refractivity contribution < 1.29 is 28.5 Å². The molecule has 38 heavy (non-hydrogen) atoms. The van der Waals surface area contributed by atoms with E-state index >= 15 is 0 Å². The monoisotopic (exact) mass is 517 g/mol. The van der Waals surface area contributed by atoms with E-state index in [1.165, 1.54) is 0 Å². The summed E-state index contributed by atoms with van der Waals surface area (Å²) in [4.78, 5) is 27.6. The van der Waals surface area contributed by atoms with Crippen molar-refractivity contribution in [1.29, 1.82) is 0 Å². The van der Waals surface area contributed by atoms with E-state index in [0.717, 1.165) is 48.3 Å².